The van der Waals surface area contributed by atoms with Crippen LogP contribution in [0.25, 0.3) is 0 Å². The monoisotopic (exact) mass is 309 g/mol. The summed E-state index contributed by atoms with van der Waals surface area (Å²) in [6.07, 6.45) is 4.75. The van der Waals surface area contributed by atoms with Crippen LogP contribution in [0.15, 0.2) is 12.4 Å². The predicted octanol–water partition coefficient (Wildman–Crippen LogP) is 2.08. The van der Waals surface area contributed by atoms with Gasteiger partial charge in [0.25, 0.3) is 0 Å². The molecule has 0 spiro atoms. The van der Waals surface area contributed by atoms with Crippen molar-refractivity contribution >= 4 is 12.1 Å². The van der Waals surface area contributed by atoms with Crippen LogP contribution in [0.2, 0.25) is 0 Å². The molecule has 0 saturated carbocycles. The van der Waals surface area contributed by atoms with Gasteiger partial charge in [-0.1, -0.05) is 0 Å². The van der Waals surface area contributed by atoms with E-state index < -0.39 is 11.6 Å². The molecule has 1 atom stereocenters. The number of rotatable bonds is 3. The lowest BCUT2D eigenvalue weighted by atomic mass is 10.1. The Morgan fingerprint density at radius 3 is 2.82 bits per heavy atom. The third-order valence-corrected chi connectivity index (χ3v) is 3.43. The highest BCUT2D eigenvalue weighted by Gasteiger charge is 2.28. The lowest BCUT2D eigenvalue weighted by Gasteiger charge is -2.34. The third kappa shape index (κ3) is 4.47. The first-order valence-corrected chi connectivity index (χ1v) is 7.47. The van der Waals surface area contributed by atoms with E-state index in [1.54, 1.807) is 22.0 Å². The van der Waals surface area contributed by atoms with Crippen molar-refractivity contribution < 1.29 is 19.4 Å². The largest absolute Gasteiger partial charge is 0.481 e. The number of ether oxygens (including phenoxy) is 1. The molecule has 1 fully saturated rings. The zero-order valence-electron chi connectivity index (χ0n) is 13.3. The second-order valence-corrected chi connectivity index (χ2v) is 6.62. The lowest BCUT2D eigenvalue weighted by molar-refractivity contribution is -0.136. The van der Waals surface area contributed by atoms with E-state index >= 15 is 0 Å². The van der Waals surface area contributed by atoms with Gasteiger partial charge in [-0.2, -0.15) is 5.10 Å². The van der Waals surface area contributed by atoms with Gasteiger partial charge in [0.05, 0.1) is 18.7 Å². The normalized spacial score (nSPS) is 19.0. The molecule has 7 heteroatoms. The van der Waals surface area contributed by atoms with Gasteiger partial charge >= 0.3 is 12.1 Å². The molecule has 0 bridgehead atoms. The number of amides is 1. The van der Waals surface area contributed by atoms with E-state index in [4.69, 9.17) is 9.84 Å². The number of hydrogen-bond acceptors (Lipinski definition) is 4. The van der Waals surface area contributed by atoms with Crippen molar-refractivity contribution in [2.75, 3.05) is 13.1 Å². The Labute approximate surface area is 129 Å². The smallest absolute Gasteiger partial charge is 0.410 e. The fourth-order valence-electron chi connectivity index (χ4n) is 2.51. The van der Waals surface area contributed by atoms with E-state index in [-0.39, 0.29) is 18.6 Å². The van der Waals surface area contributed by atoms with Crippen molar-refractivity contribution in [3.05, 3.63) is 18.0 Å². The van der Waals surface area contributed by atoms with E-state index in [9.17, 15) is 9.59 Å². The molecule has 1 aliphatic heterocycles. The highest BCUT2D eigenvalue weighted by atomic mass is 16.6. The van der Waals surface area contributed by atoms with E-state index in [0.29, 0.717) is 18.7 Å². The van der Waals surface area contributed by atoms with Crippen LogP contribution in [-0.2, 0) is 16.0 Å². The van der Waals surface area contributed by atoms with Crippen LogP contribution in [0.3, 0.4) is 0 Å². The van der Waals surface area contributed by atoms with E-state index in [1.807, 2.05) is 20.8 Å². The molecule has 1 saturated heterocycles. The minimum absolute atomic E-state index is 0.0392. The van der Waals surface area contributed by atoms with Crippen LogP contribution in [0, 0.1) is 0 Å². The molecular weight excluding hydrogens is 286 g/mol. The first-order chi connectivity index (χ1) is 10.2. The Morgan fingerprint density at radius 1 is 1.45 bits per heavy atom. The molecule has 1 N–H and O–H groups in total. The second-order valence-electron chi connectivity index (χ2n) is 6.62. The minimum Gasteiger partial charge on any atom is -0.481 e. The number of aliphatic carboxylic acids is 1. The summed E-state index contributed by atoms with van der Waals surface area (Å²) < 4.78 is 7.16. The number of piperidine rings is 1. The summed E-state index contributed by atoms with van der Waals surface area (Å²) in [6.45, 7) is 6.74. The van der Waals surface area contributed by atoms with Crippen molar-refractivity contribution in [3.63, 3.8) is 0 Å². The number of likely N-dealkylation sites (tertiary alicyclic amines) is 1. The summed E-state index contributed by atoms with van der Waals surface area (Å²) >= 11 is 0. The van der Waals surface area contributed by atoms with Crippen LogP contribution in [0.4, 0.5) is 4.79 Å². The molecule has 0 radical (unpaired) electrons. The molecule has 1 amide bonds. The van der Waals surface area contributed by atoms with Crippen LogP contribution in [-0.4, -0.2) is 50.5 Å². The van der Waals surface area contributed by atoms with Crippen molar-refractivity contribution in [1.29, 1.82) is 0 Å². The zero-order valence-corrected chi connectivity index (χ0v) is 13.3. The Kier molecular flexibility index (Phi) is 4.73. The lowest BCUT2D eigenvalue weighted by Crippen LogP contribution is -2.43. The molecule has 2 heterocycles. The molecule has 0 aliphatic carbocycles. The molecule has 1 aliphatic rings. The molecule has 122 valence electrons. The fourth-order valence-corrected chi connectivity index (χ4v) is 2.51. The van der Waals surface area contributed by atoms with Gasteiger partial charge in [-0.3, -0.25) is 9.48 Å². The predicted molar refractivity (Wildman–Crippen MR) is 79.6 cm³/mol. The van der Waals surface area contributed by atoms with Gasteiger partial charge < -0.3 is 14.7 Å². The molecule has 0 aromatic carbocycles. The van der Waals surface area contributed by atoms with Gasteiger partial charge in [-0.15, -0.1) is 0 Å². The number of hydrogen-bond donors (Lipinski definition) is 1. The molecule has 7 nitrogen and oxygen atoms in total. The van der Waals surface area contributed by atoms with Crippen LogP contribution in [0.1, 0.15) is 45.2 Å². The maximum Gasteiger partial charge on any atom is 0.410 e. The van der Waals surface area contributed by atoms with Gasteiger partial charge in [-0.05, 0) is 33.6 Å². The number of carbonyl (C=O) groups excluding carboxylic acids is 1. The van der Waals surface area contributed by atoms with Crippen molar-refractivity contribution in [1.82, 2.24) is 14.7 Å². The number of carboxylic acids is 1. The molecule has 1 aromatic heterocycles. The maximum atomic E-state index is 12.1. The summed E-state index contributed by atoms with van der Waals surface area (Å²) in [5.41, 5.74) is 0.159. The van der Waals surface area contributed by atoms with Crippen molar-refractivity contribution in [3.8, 4) is 0 Å². The first kappa shape index (κ1) is 16.3. The van der Waals surface area contributed by atoms with E-state index in [1.165, 1.54) is 0 Å². The Balaban J connectivity index is 1.99. The molecule has 1 aromatic rings. The minimum atomic E-state index is -0.876. The Morgan fingerprint density at radius 2 is 2.18 bits per heavy atom. The molecule has 1 unspecified atom stereocenters. The van der Waals surface area contributed by atoms with E-state index in [2.05, 4.69) is 5.10 Å². The topological polar surface area (TPSA) is 84.7 Å². The van der Waals surface area contributed by atoms with Gasteiger partial charge in [-0.25, -0.2) is 4.79 Å². The third-order valence-electron chi connectivity index (χ3n) is 3.43. The average Bonchev–Trinajstić information content (AvgIpc) is 2.84. The summed E-state index contributed by atoms with van der Waals surface area (Å²) in [5, 5.41) is 13.0. The quantitative estimate of drug-likeness (QED) is 0.924. The van der Waals surface area contributed by atoms with Gasteiger partial charge in [0.1, 0.15) is 5.60 Å². The van der Waals surface area contributed by atoms with E-state index in [0.717, 1.165) is 12.8 Å². The zero-order chi connectivity index (χ0) is 16.3. The first-order valence-electron chi connectivity index (χ1n) is 7.47. The summed E-state index contributed by atoms with van der Waals surface area (Å²) in [5.74, 6) is -0.876. The summed E-state index contributed by atoms with van der Waals surface area (Å²) in [4.78, 5) is 24.6. The highest BCUT2D eigenvalue weighted by Crippen LogP contribution is 2.23. The molecule has 2 rings (SSSR count). The van der Waals surface area contributed by atoms with Crippen molar-refractivity contribution in [2.45, 2.75) is 51.7 Å². The van der Waals surface area contributed by atoms with Crippen LogP contribution < -0.4 is 0 Å². The summed E-state index contributed by atoms with van der Waals surface area (Å²) in [6, 6.07) is 0.0591. The molecular formula is C15H23N3O4. The van der Waals surface area contributed by atoms with Gasteiger partial charge in [0.15, 0.2) is 0 Å². The number of aromatic nitrogens is 2. The average molecular weight is 309 g/mol. The summed E-state index contributed by atoms with van der Waals surface area (Å²) in [7, 11) is 0. The van der Waals surface area contributed by atoms with Gasteiger partial charge in [0.2, 0.25) is 0 Å². The second kappa shape index (κ2) is 6.37. The van der Waals surface area contributed by atoms with Gasteiger partial charge in [0, 0.05) is 24.8 Å². The van der Waals surface area contributed by atoms with Crippen LogP contribution in [0.5, 0.6) is 0 Å². The number of nitrogens with zero attached hydrogens (tertiary/aromatic N) is 3. The Bertz CT molecular complexity index is 547. The fraction of sp³-hybridized carbons (Fsp3) is 0.667. The Hall–Kier alpha value is -2.05. The standard InChI is InChI=1S/C15H23N3O4/c1-15(2,3)22-14(21)17-6-4-5-12(10-17)18-9-11(8-16-18)7-13(19)20/h8-9,12H,4-7,10H2,1-3H3,(H,19,20). The molecule has 22 heavy (non-hydrogen) atoms. The SMILES string of the molecule is CC(C)(C)OC(=O)N1CCCC(n2cc(CC(=O)O)cn2)C1. The van der Waals surface area contributed by atoms with Crippen molar-refractivity contribution in [2.24, 2.45) is 0 Å². The van der Waals surface area contributed by atoms with Crippen LogP contribution >= 0.6 is 0 Å². The maximum absolute atomic E-state index is 12.1. The number of carbonyl (C=O) groups is 2. The number of carboxylic acid groups (broad SMARTS) is 1. The highest BCUT2D eigenvalue weighted by molar-refractivity contribution is 5.70.